The van der Waals surface area contributed by atoms with Crippen LogP contribution in [0.15, 0.2) is 64.2 Å². The summed E-state index contributed by atoms with van der Waals surface area (Å²) >= 11 is 0. The van der Waals surface area contributed by atoms with Gasteiger partial charge < -0.3 is 14.7 Å². The fraction of sp³-hybridized carbons (Fsp3) is 0.0500. The molecule has 1 heterocycles. The Balaban J connectivity index is 2.14. The fourth-order valence-corrected chi connectivity index (χ4v) is 2.54. The van der Waals surface area contributed by atoms with E-state index in [0.717, 1.165) is 5.56 Å². The first-order chi connectivity index (χ1) is 12.5. The number of rotatable bonds is 3. The summed E-state index contributed by atoms with van der Waals surface area (Å²) in [5, 5.41) is 9.31. The molecule has 2 aromatic carbocycles. The van der Waals surface area contributed by atoms with Gasteiger partial charge in [0.15, 0.2) is 0 Å². The van der Waals surface area contributed by atoms with Gasteiger partial charge in [0.1, 0.15) is 10.7 Å². The lowest BCUT2D eigenvalue weighted by molar-refractivity contribution is 0.0697. The van der Waals surface area contributed by atoms with Gasteiger partial charge in [-0.3, -0.25) is 9.59 Å². The number of benzene rings is 2. The first-order valence-electron chi connectivity index (χ1n) is 7.87. The maximum atomic E-state index is 12.5. The lowest BCUT2D eigenvalue weighted by Crippen LogP contribution is -2.52. The molecule has 0 aliphatic rings. The van der Waals surface area contributed by atoms with E-state index in [1.165, 1.54) is 29.8 Å². The Kier molecular flexibility index (Phi) is 4.66. The molecule has 0 atom stereocenters. The Morgan fingerprint density at radius 2 is 1.58 bits per heavy atom. The minimum atomic E-state index is -1.03. The predicted octanol–water partition coefficient (Wildman–Crippen LogP) is 0.429. The molecular formula is C20H16N2O4. The Morgan fingerprint density at radius 3 is 2.19 bits per heavy atom. The molecule has 0 aliphatic heterocycles. The Labute approximate surface area is 148 Å². The Morgan fingerprint density at radius 1 is 0.962 bits per heavy atom. The van der Waals surface area contributed by atoms with Crippen molar-refractivity contribution in [1.29, 1.82) is 0 Å². The van der Waals surface area contributed by atoms with Crippen molar-refractivity contribution in [1.82, 2.24) is 9.55 Å². The van der Waals surface area contributed by atoms with E-state index in [-0.39, 0.29) is 21.8 Å². The topological polar surface area (TPSA) is 92.2 Å². The molecule has 6 nitrogen and oxygen atoms in total. The van der Waals surface area contributed by atoms with Gasteiger partial charge in [-0.2, -0.15) is 0 Å². The molecule has 26 heavy (non-hydrogen) atoms. The molecule has 0 fully saturated rings. The molecule has 0 radical (unpaired) electrons. The summed E-state index contributed by atoms with van der Waals surface area (Å²) in [6.45, 7) is 0. The van der Waals surface area contributed by atoms with Gasteiger partial charge in [-0.1, -0.05) is 42.5 Å². The average Bonchev–Trinajstić information content (AvgIpc) is 2.64. The lowest BCUT2D eigenvalue weighted by atomic mass is 10.1. The highest BCUT2D eigenvalue weighted by Crippen LogP contribution is 2.04. The van der Waals surface area contributed by atoms with Gasteiger partial charge in [0.2, 0.25) is 0 Å². The van der Waals surface area contributed by atoms with Crippen LogP contribution in [0.25, 0.3) is 12.2 Å². The maximum Gasteiger partial charge on any atom is 0.335 e. The van der Waals surface area contributed by atoms with Crippen molar-refractivity contribution in [3.8, 4) is 0 Å². The molecule has 1 aromatic heterocycles. The number of carbonyl (C=O) groups is 1. The van der Waals surface area contributed by atoms with Crippen LogP contribution in [0.4, 0.5) is 0 Å². The van der Waals surface area contributed by atoms with Crippen molar-refractivity contribution < 1.29 is 9.90 Å². The summed E-state index contributed by atoms with van der Waals surface area (Å²) in [6.07, 6.45) is 3.16. The normalized spacial score (nSPS) is 12.3. The summed E-state index contributed by atoms with van der Waals surface area (Å²) in [7, 11) is 1.53. The van der Waals surface area contributed by atoms with E-state index in [2.05, 4.69) is 4.98 Å². The van der Waals surface area contributed by atoms with Gasteiger partial charge in [-0.25, -0.2) is 4.79 Å². The highest BCUT2D eigenvalue weighted by atomic mass is 16.4. The third-order valence-electron chi connectivity index (χ3n) is 3.95. The maximum absolute atomic E-state index is 12.5. The second kappa shape index (κ2) is 7.06. The smallest absolute Gasteiger partial charge is 0.335 e. The third kappa shape index (κ3) is 3.54. The van der Waals surface area contributed by atoms with E-state index >= 15 is 0 Å². The number of aromatic carboxylic acids is 1. The van der Waals surface area contributed by atoms with Crippen molar-refractivity contribution >= 4 is 18.1 Å². The zero-order chi connectivity index (χ0) is 18.7. The summed E-state index contributed by atoms with van der Waals surface area (Å²) in [5.41, 5.74) is 0.840. The molecule has 0 spiro atoms. The van der Waals surface area contributed by atoms with Crippen LogP contribution >= 0.6 is 0 Å². The molecule has 0 amide bonds. The zero-order valence-corrected chi connectivity index (χ0v) is 14.0. The Bertz CT molecular complexity index is 1190. The number of hydrogen-bond acceptors (Lipinski definition) is 3. The Hall–Kier alpha value is -3.67. The largest absolute Gasteiger partial charge is 0.478 e. The van der Waals surface area contributed by atoms with Crippen LogP contribution in [0.5, 0.6) is 0 Å². The summed E-state index contributed by atoms with van der Waals surface area (Å²) in [6, 6.07) is 15.3. The van der Waals surface area contributed by atoms with Crippen molar-refractivity contribution in [3.63, 3.8) is 0 Å². The summed E-state index contributed by atoms with van der Waals surface area (Å²) in [5.74, 6) is -1.03. The van der Waals surface area contributed by atoms with Crippen LogP contribution in [0, 0.1) is 0 Å². The van der Waals surface area contributed by atoms with Crippen molar-refractivity contribution in [2.24, 2.45) is 7.05 Å². The van der Waals surface area contributed by atoms with Crippen LogP contribution < -0.4 is 21.8 Å². The van der Waals surface area contributed by atoms with Crippen LogP contribution in [0.3, 0.4) is 0 Å². The van der Waals surface area contributed by atoms with E-state index in [9.17, 15) is 14.4 Å². The molecule has 3 aromatic rings. The second-order valence-electron chi connectivity index (χ2n) is 5.74. The molecule has 0 saturated heterocycles. The van der Waals surface area contributed by atoms with Crippen molar-refractivity contribution in [3.05, 3.63) is 103 Å². The van der Waals surface area contributed by atoms with Gasteiger partial charge in [0.25, 0.3) is 11.1 Å². The number of aromatic amines is 1. The van der Waals surface area contributed by atoms with Crippen LogP contribution in [-0.4, -0.2) is 20.6 Å². The number of aromatic nitrogens is 2. The number of nitrogens with zero attached hydrogens (tertiary/aromatic N) is 1. The van der Waals surface area contributed by atoms with Gasteiger partial charge in [0, 0.05) is 7.05 Å². The molecule has 2 N–H and O–H groups in total. The third-order valence-corrected chi connectivity index (χ3v) is 3.95. The van der Waals surface area contributed by atoms with Crippen molar-refractivity contribution in [2.75, 3.05) is 0 Å². The molecule has 3 rings (SSSR count). The first kappa shape index (κ1) is 17.2. The van der Waals surface area contributed by atoms with E-state index in [1.54, 1.807) is 18.2 Å². The van der Waals surface area contributed by atoms with Gasteiger partial charge >= 0.3 is 5.97 Å². The fourth-order valence-electron chi connectivity index (χ4n) is 2.54. The van der Waals surface area contributed by atoms with Gasteiger partial charge in [-0.05, 0) is 35.4 Å². The minimum absolute atomic E-state index is 0.151. The van der Waals surface area contributed by atoms with E-state index in [1.807, 2.05) is 30.3 Å². The molecule has 6 heteroatoms. The second-order valence-corrected chi connectivity index (χ2v) is 5.74. The van der Waals surface area contributed by atoms with Crippen LogP contribution in [0.2, 0.25) is 0 Å². The molecule has 130 valence electrons. The van der Waals surface area contributed by atoms with Crippen molar-refractivity contribution in [2.45, 2.75) is 0 Å². The molecule has 0 unspecified atom stereocenters. The van der Waals surface area contributed by atoms with Gasteiger partial charge in [0.05, 0.1) is 5.56 Å². The number of carboxylic acids is 1. The number of H-pyrrole nitrogens is 1. The molecular weight excluding hydrogens is 332 g/mol. The quantitative estimate of drug-likeness (QED) is 0.718. The number of carboxylic acid groups (broad SMARTS) is 1. The predicted molar refractivity (Wildman–Crippen MR) is 98.5 cm³/mol. The molecule has 0 aliphatic carbocycles. The lowest BCUT2D eigenvalue weighted by Gasteiger charge is -2.01. The standard InChI is InChI=1S/C20H16N2O4/c1-22-17(12-14-7-9-15(10-8-14)20(25)26)18(23)21-16(19(22)24)11-13-5-3-2-4-6-13/h2-12H,1H3,(H,21,23)(H,25,26)/b16-11-,17-12-. The highest BCUT2D eigenvalue weighted by molar-refractivity contribution is 5.87. The van der Waals surface area contributed by atoms with Gasteiger partial charge in [-0.15, -0.1) is 0 Å². The van der Waals surface area contributed by atoms with E-state index < -0.39 is 11.5 Å². The average molecular weight is 348 g/mol. The summed E-state index contributed by atoms with van der Waals surface area (Å²) < 4.78 is 1.28. The molecule has 0 saturated carbocycles. The SMILES string of the molecule is Cn1c(=O)/c(=C/c2ccccc2)[nH]c(=O)/c1=C/c1ccc(C(=O)O)cc1. The summed E-state index contributed by atoms with van der Waals surface area (Å²) in [4.78, 5) is 38.5. The van der Waals surface area contributed by atoms with E-state index in [4.69, 9.17) is 5.11 Å². The monoisotopic (exact) mass is 348 g/mol. The van der Waals surface area contributed by atoms with Crippen LogP contribution in [-0.2, 0) is 7.05 Å². The van der Waals surface area contributed by atoms with E-state index in [0.29, 0.717) is 5.56 Å². The molecule has 0 bridgehead atoms. The number of hydrogen-bond donors (Lipinski definition) is 2. The highest BCUT2D eigenvalue weighted by Gasteiger charge is 2.03. The zero-order valence-electron chi connectivity index (χ0n) is 14.0. The number of nitrogens with one attached hydrogen (secondary N) is 1. The van der Waals surface area contributed by atoms with Crippen LogP contribution in [0.1, 0.15) is 21.5 Å². The first-order valence-corrected chi connectivity index (χ1v) is 7.87. The minimum Gasteiger partial charge on any atom is -0.478 e.